The molecule has 0 aromatic heterocycles. The number of hydrogen-bond acceptors (Lipinski definition) is 7. The van der Waals surface area contributed by atoms with Gasteiger partial charge in [0.25, 0.3) is 17.5 Å². The summed E-state index contributed by atoms with van der Waals surface area (Å²) in [6, 6.07) is 17.3. The van der Waals surface area contributed by atoms with Crippen molar-refractivity contribution in [1.29, 1.82) is 0 Å². The van der Waals surface area contributed by atoms with Gasteiger partial charge in [0.1, 0.15) is 11.3 Å². The van der Waals surface area contributed by atoms with Crippen molar-refractivity contribution < 1.29 is 28.8 Å². The van der Waals surface area contributed by atoms with Gasteiger partial charge in [-0.25, -0.2) is 4.90 Å². The molecule has 2 aliphatic rings. The van der Waals surface area contributed by atoms with Crippen LogP contribution in [0.1, 0.15) is 32.7 Å². The minimum absolute atomic E-state index is 0.0264. The zero-order chi connectivity index (χ0) is 25.6. The fourth-order valence-corrected chi connectivity index (χ4v) is 4.50. The summed E-state index contributed by atoms with van der Waals surface area (Å²) in [4.78, 5) is 64.1. The van der Waals surface area contributed by atoms with Crippen molar-refractivity contribution in [2.75, 3.05) is 16.3 Å². The average molecular weight is 485 g/mol. The zero-order valence-electron chi connectivity index (χ0n) is 19.0. The molecule has 0 aliphatic carbocycles. The number of nitrogens with zero attached hydrogens (tertiary/aromatic N) is 3. The molecule has 2 aliphatic heterocycles. The first kappa shape index (κ1) is 22.9. The van der Waals surface area contributed by atoms with Gasteiger partial charge in [-0.15, -0.1) is 0 Å². The van der Waals surface area contributed by atoms with Gasteiger partial charge in [0.2, 0.25) is 5.91 Å². The number of fused-ring (bicyclic) bond motifs is 1. The van der Waals surface area contributed by atoms with Crippen LogP contribution in [0.4, 0.5) is 17.1 Å². The van der Waals surface area contributed by atoms with E-state index in [1.807, 2.05) is 18.2 Å². The number of rotatable bonds is 5. The molecule has 0 saturated carbocycles. The Hall–Kier alpha value is -4.86. The normalized spacial score (nSPS) is 16.9. The van der Waals surface area contributed by atoms with Gasteiger partial charge >= 0.3 is 5.97 Å². The molecule has 1 atom stereocenters. The first-order valence-electron chi connectivity index (χ1n) is 11.1. The molecule has 2 heterocycles. The number of amides is 3. The molecule has 36 heavy (non-hydrogen) atoms. The molecule has 180 valence electrons. The van der Waals surface area contributed by atoms with E-state index in [0.29, 0.717) is 11.3 Å². The molecule has 0 N–H and O–H groups in total. The van der Waals surface area contributed by atoms with E-state index in [0.717, 1.165) is 4.90 Å². The van der Waals surface area contributed by atoms with Crippen LogP contribution in [0.25, 0.3) is 0 Å². The number of imide groups is 1. The van der Waals surface area contributed by atoms with Crippen LogP contribution in [0.5, 0.6) is 5.75 Å². The van der Waals surface area contributed by atoms with E-state index in [1.54, 1.807) is 24.0 Å². The lowest BCUT2D eigenvalue weighted by Crippen LogP contribution is -2.30. The SMILES string of the molecule is Cc1cc(OC(=O)[C@H]2CC(=O)N(c3ccccc3)C2)ccc1N1C(=O)c2cccc([N+](=O)[O-])c2C1=O. The maximum Gasteiger partial charge on any atom is 0.316 e. The topological polar surface area (TPSA) is 127 Å². The van der Waals surface area contributed by atoms with Crippen LogP contribution in [0.2, 0.25) is 0 Å². The van der Waals surface area contributed by atoms with Crippen LogP contribution in [-0.2, 0) is 9.59 Å². The predicted octanol–water partition coefficient (Wildman–Crippen LogP) is 3.66. The number of para-hydroxylation sites is 1. The summed E-state index contributed by atoms with van der Waals surface area (Å²) >= 11 is 0. The van der Waals surface area contributed by atoms with Crippen molar-refractivity contribution in [2.45, 2.75) is 13.3 Å². The maximum absolute atomic E-state index is 13.0. The van der Waals surface area contributed by atoms with Gasteiger partial charge in [0.15, 0.2) is 0 Å². The molecule has 1 fully saturated rings. The molecular formula is C26H19N3O7. The van der Waals surface area contributed by atoms with E-state index >= 15 is 0 Å². The highest BCUT2D eigenvalue weighted by Gasteiger charge is 2.42. The van der Waals surface area contributed by atoms with Crippen LogP contribution in [-0.4, -0.2) is 35.2 Å². The van der Waals surface area contributed by atoms with Gasteiger partial charge in [0.05, 0.1) is 22.1 Å². The van der Waals surface area contributed by atoms with Crippen LogP contribution in [0.3, 0.4) is 0 Å². The second kappa shape index (κ2) is 8.73. The van der Waals surface area contributed by atoms with Crippen molar-refractivity contribution >= 4 is 40.8 Å². The van der Waals surface area contributed by atoms with E-state index < -0.39 is 34.3 Å². The van der Waals surface area contributed by atoms with Crippen molar-refractivity contribution in [3.8, 4) is 5.75 Å². The Morgan fingerprint density at radius 1 is 1.00 bits per heavy atom. The number of ether oxygens (including phenoxy) is 1. The summed E-state index contributed by atoms with van der Waals surface area (Å²) in [5.74, 6) is -2.65. The number of nitro groups is 1. The largest absolute Gasteiger partial charge is 0.426 e. The monoisotopic (exact) mass is 485 g/mol. The summed E-state index contributed by atoms with van der Waals surface area (Å²) < 4.78 is 5.50. The lowest BCUT2D eigenvalue weighted by atomic mass is 10.1. The molecular weight excluding hydrogens is 466 g/mol. The Morgan fingerprint density at radius 2 is 1.75 bits per heavy atom. The second-order valence-corrected chi connectivity index (χ2v) is 8.51. The summed E-state index contributed by atoms with van der Waals surface area (Å²) in [6.07, 6.45) is 0.0264. The molecule has 0 spiro atoms. The number of benzene rings is 3. The van der Waals surface area contributed by atoms with E-state index in [-0.39, 0.29) is 41.4 Å². The zero-order valence-corrected chi connectivity index (χ0v) is 19.0. The minimum Gasteiger partial charge on any atom is -0.426 e. The average Bonchev–Trinajstić information content (AvgIpc) is 3.37. The number of carbonyl (C=O) groups excluding carboxylic acids is 4. The Morgan fingerprint density at radius 3 is 2.44 bits per heavy atom. The Balaban J connectivity index is 1.33. The van der Waals surface area contributed by atoms with E-state index in [1.165, 1.54) is 36.4 Å². The summed E-state index contributed by atoms with van der Waals surface area (Å²) in [6.45, 7) is 1.83. The molecule has 5 rings (SSSR count). The Bertz CT molecular complexity index is 1450. The molecule has 0 radical (unpaired) electrons. The highest BCUT2D eigenvalue weighted by Crippen LogP contribution is 2.36. The Labute approximate surface area is 204 Å². The third kappa shape index (κ3) is 3.78. The highest BCUT2D eigenvalue weighted by molar-refractivity contribution is 6.35. The van der Waals surface area contributed by atoms with Crippen LogP contribution in [0.15, 0.2) is 66.7 Å². The first-order valence-corrected chi connectivity index (χ1v) is 11.1. The summed E-state index contributed by atoms with van der Waals surface area (Å²) in [5, 5.41) is 11.4. The number of nitro benzene ring substituents is 1. The van der Waals surface area contributed by atoms with Crippen LogP contribution < -0.4 is 14.5 Å². The Kier molecular flexibility index (Phi) is 5.56. The molecule has 3 amide bonds. The van der Waals surface area contributed by atoms with Gasteiger partial charge in [-0.05, 0) is 48.9 Å². The highest BCUT2D eigenvalue weighted by atomic mass is 16.6. The molecule has 3 aromatic carbocycles. The molecule has 10 nitrogen and oxygen atoms in total. The number of aryl methyl sites for hydroxylation is 1. The number of carbonyl (C=O) groups is 4. The van der Waals surface area contributed by atoms with Crippen molar-refractivity contribution in [3.05, 3.63) is 93.5 Å². The van der Waals surface area contributed by atoms with Gasteiger partial charge in [-0.1, -0.05) is 24.3 Å². The van der Waals surface area contributed by atoms with Crippen molar-refractivity contribution in [3.63, 3.8) is 0 Å². The van der Waals surface area contributed by atoms with Gasteiger partial charge in [-0.2, -0.15) is 0 Å². The molecule has 0 bridgehead atoms. The van der Waals surface area contributed by atoms with Gasteiger partial charge in [0, 0.05) is 24.7 Å². The molecule has 3 aromatic rings. The number of anilines is 2. The lowest BCUT2D eigenvalue weighted by Gasteiger charge is -2.18. The van der Waals surface area contributed by atoms with Crippen LogP contribution in [0, 0.1) is 23.0 Å². The smallest absolute Gasteiger partial charge is 0.316 e. The van der Waals surface area contributed by atoms with Gasteiger partial charge < -0.3 is 9.64 Å². The van der Waals surface area contributed by atoms with Crippen molar-refractivity contribution in [2.24, 2.45) is 5.92 Å². The summed E-state index contributed by atoms with van der Waals surface area (Å²) in [5.41, 5.74) is 0.646. The second-order valence-electron chi connectivity index (χ2n) is 8.51. The van der Waals surface area contributed by atoms with E-state index in [2.05, 4.69) is 0 Å². The molecule has 1 saturated heterocycles. The van der Waals surface area contributed by atoms with E-state index in [9.17, 15) is 29.3 Å². The quantitative estimate of drug-likeness (QED) is 0.177. The van der Waals surface area contributed by atoms with E-state index in [4.69, 9.17) is 4.74 Å². The fraction of sp³-hybridized carbons (Fsp3) is 0.154. The third-order valence-electron chi connectivity index (χ3n) is 6.24. The third-order valence-corrected chi connectivity index (χ3v) is 6.24. The van der Waals surface area contributed by atoms with Crippen LogP contribution >= 0.6 is 0 Å². The minimum atomic E-state index is -0.791. The fourth-order valence-electron chi connectivity index (χ4n) is 4.50. The maximum atomic E-state index is 13.0. The predicted molar refractivity (Wildman–Crippen MR) is 128 cm³/mol. The number of hydrogen-bond donors (Lipinski definition) is 0. The van der Waals surface area contributed by atoms with Gasteiger partial charge in [-0.3, -0.25) is 29.3 Å². The number of esters is 1. The standard InChI is InChI=1S/C26H19N3O7/c1-15-12-18(36-26(33)16-13-22(30)27(14-16)17-6-3-2-4-7-17)10-11-20(15)28-24(31)19-8-5-9-21(29(34)35)23(19)25(28)32/h2-12,16H,13-14H2,1H3/t16-/m0/s1. The van der Waals surface area contributed by atoms with Crippen molar-refractivity contribution in [1.82, 2.24) is 0 Å². The lowest BCUT2D eigenvalue weighted by molar-refractivity contribution is -0.385. The molecule has 0 unspecified atom stereocenters. The molecule has 10 heteroatoms. The first-order chi connectivity index (χ1) is 17.3. The summed E-state index contributed by atoms with van der Waals surface area (Å²) in [7, 11) is 0.